The molecule has 0 aromatic carbocycles. The Morgan fingerprint density at radius 2 is 1.58 bits per heavy atom. The van der Waals surface area contributed by atoms with Gasteiger partial charge in [-0.05, 0) is 24.7 Å². The van der Waals surface area contributed by atoms with Gasteiger partial charge in [-0.15, -0.1) is 0 Å². The zero-order chi connectivity index (χ0) is 14.2. The summed E-state index contributed by atoms with van der Waals surface area (Å²) in [6.07, 6.45) is 5.10. The van der Waals surface area contributed by atoms with E-state index in [1.807, 2.05) is 13.8 Å². The van der Waals surface area contributed by atoms with Crippen LogP contribution in [-0.2, 0) is 9.59 Å². The van der Waals surface area contributed by atoms with Crippen molar-refractivity contribution in [3.05, 3.63) is 0 Å². The standard InChI is InChI=1S/C14H26O4.Na.H/c1-4-7-8-9-14(5-2,6-3)11(13(17)18)10-12(15)16;;/h11H,4-10H2,1-3H3,(H,15,16)(H,17,18);;. The van der Waals surface area contributed by atoms with E-state index < -0.39 is 17.9 Å². The first-order chi connectivity index (χ1) is 8.43. The average molecular weight is 282 g/mol. The molecule has 0 aromatic heterocycles. The van der Waals surface area contributed by atoms with Crippen molar-refractivity contribution in [2.24, 2.45) is 11.3 Å². The molecule has 0 heterocycles. The second-order valence-electron chi connectivity index (χ2n) is 5.02. The van der Waals surface area contributed by atoms with E-state index in [2.05, 4.69) is 6.92 Å². The maximum atomic E-state index is 11.4. The molecule has 0 aliphatic carbocycles. The van der Waals surface area contributed by atoms with Gasteiger partial charge in [-0.2, -0.15) is 0 Å². The van der Waals surface area contributed by atoms with Crippen molar-refractivity contribution in [2.75, 3.05) is 0 Å². The van der Waals surface area contributed by atoms with E-state index in [1.54, 1.807) is 0 Å². The first-order valence-electron chi connectivity index (χ1n) is 6.88. The van der Waals surface area contributed by atoms with Crippen LogP contribution in [0.2, 0.25) is 0 Å². The van der Waals surface area contributed by atoms with Gasteiger partial charge in [-0.3, -0.25) is 9.59 Å². The van der Waals surface area contributed by atoms with Crippen molar-refractivity contribution in [3.8, 4) is 0 Å². The number of hydrogen-bond donors (Lipinski definition) is 2. The summed E-state index contributed by atoms with van der Waals surface area (Å²) in [5.74, 6) is -2.77. The van der Waals surface area contributed by atoms with Gasteiger partial charge in [0.25, 0.3) is 0 Å². The van der Waals surface area contributed by atoms with Gasteiger partial charge in [0.05, 0.1) is 12.3 Å². The van der Waals surface area contributed by atoms with Crippen molar-refractivity contribution < 1.29 is 19.8 Å². The van der Waals surface area contributed by atoms with Gasteiger partial charge in [-0.25, -0.2) is 0 Å². The molecule has 0 aliphatic heterocycles. The van der Waals surface area contributed by atoms with Crippen molar-refractivity contribution in [1.82, 2.24) is 0 Å². The predicted molar refractivity (Wildman–Crippen MR) is 77.7 cm³/mol. The molecule has 5 heteroatoms. The fourth-order valence-electron chi connectivity index (χ4n) is 2.74. The molecule has 2 N–H and O–H groups in total. The van der Waals surface area contributed by atoms with Crippen LogP contribution in [0.25, 0.3) is 0 Å². The molecule has 0 saturated carbocycles. The van der Waals surface area contributed by atoms with Crippen LogP contribution in [-0.4, -0.2) is 51.7 Å². The number of unbranched alkanes of at least 4 members (excludes halogenated alkanes) is 2. The van der Waals surface area contributed by atoms with E-state index in [9.17, 15) is 14.7 Å². The molecule has 0 spiro atoms. The summed E-state index contributed by atoms with van der Waals surface area (Å²) in [4.78, 5) is 22.2. The Hall–Kier alpha value is -0.0600. The maximum absolute atomic E-state index is 11.4. The van der Waals surface area contributed by atoms with Crippen LogP contribution < -0.4 is 0 Å². The third-order valence-electron chi connectivity index (χ3n) is 4.10. The molecule has 0 aromatic rings. The molecule has 0 bridgehead atoms. The minimum atomic E-state index is -1.02. The van der Waals surface area contributed by atoms with Crippen molar-refractivity contribution >= 4 is 41.5 Å². The summed E-state index contributed by atoms with van der Waals surface area (Å²) in [6, 6.07) is 0. The van der Waals surface area contributed by atoms with E-state index in [-0.39, 0.29) is 41.4 Å². The van der Waals surface area contributed by atoms with Crippen LogP contribution in [0.3, 0.4) is 0 Å². The molecule has 0 amide bonds. The summed E-state index contributed by atoms with van der Waals surface area (Å²) in [7, 11) is 0. The SMILES string of the molecule is CCCCCC(CC)(CC)C(CC(=O)O)C(=O)O.[NaH]. The Balaban J connectivity index is 0. The zero-order valence-electron chi connectivity index (χ0n) is 11.7. The Morgan fingerprint density at radius 1 is 1.05 bits per heavy atom. The van der Waals surface area contributed by atoms with Gasteiger partial charge in [0.2, 0.25) is 0 Å². The van der Waals surface area contributed by atoms with Crippen LogP contribution >= 0.6 is 0 Å². The summed E-state index contributed by atoms with van der Waals surface area (Å²) in [6.45, 7) is 6.03. The topological polar surface area (TPSA) is 74.6 Å². The Kier molecular flexibility index (Phi) is 12.0. The number of carbonyl (C=O) groups is 2. The Bertz CT molecular complexity index is 275. The molecule has 0 aliphatic rings. The van der Waals surface area contributed by atoms with Gasteiger partial charge in [0.15, 0.2) is 0 Å². The summed E-state index contributed by atoms with van der Waals surface area (Å²) in [5.41, 5.74) is -0.376. The number of hydrogen-bond acceptors (Lipinski definition) is 2. The molecule has 0 radical (unpaired) electrons. The first kappa shape index (κ1) is 21.2. The summed E-state index contributed by atoms with van der Waals surface area (Å²) < 4.78 is 0. The average Bonchev–Trinajstić information content (AvgIpc) is 2.32. The van der Waals surface area contributed by atoms with E-state index in [0.717, 1.165) is 38.5 Å². The van der Waals surface area contributed by atoms with Crippen molar-refractivity contribution in [3.63, 3.8) is 0 Å². The Morgan fingerprint density at radius 3 is 1.89 bits per heavy atom. The van der Waals surface area contributed by atoms with Gasteiger partial charge in [0.1, 0.15) is 0 Å². The van der Waals surface area contributed by atoms with Gasteiger partial charge in [0, 0.05) is 0 Å². The van der Waals surface area contributed by atoms with Crippen LogP contribution in [0, 0.1) is 11.3 Å². The summed E-state index contributed by atoms with van der Waals surface area (Å²) >= 11 is 0. The van der Waals surface area contributed by atoms with Gasteiger partial charge >= 0.3 is 41.5 Å². The van der Waals surface area contributed by atoms with E-state index in [4.69, 9.17) is 5.11 Å². The van der Waals surface area contributed by atoms with Crippen LogP contribution in [0.1, 0.15) is 65.7 Å². The number of rotatable bonds is 10. The predicted octanol–water partition coefficient (Wildman–Crippen LogP) is 2.90. The van der Waals surface area contributed by atoms with E-state index >= 15 is 0 Å². The van der Waals surface area contributed by atoms with Gasteiger partial charge in [-0.1, -0.05) is 40.0 Å². The van der Waals surface area contributed by atoms with Crippen LogP contribution in [0.15, 0.2) is 0 Å². The van der Waals surface area contributed by atoms with Gasteiger partial charge < -0.3 is 10.2 Å². The van der Waals surface area contributed by atoms with Crippen LogP contribution in [0.5, 0.6) is 0 Å². The molecule has 19 heavy (non-hydrogen) atoms. The molecule has 108 valence electrons. The quantitative estimate of drug-likeness (QED) is 0.477. The second kappa shape index (κ2) is 10.7. The fraction of sp³-hybridized carbons (Fsp3) is 0.857. The molecule has 1 atom stereocenters. The van der Waals surface area contributed by atoms with Crippen LogP contribution in [0.4, 0.5) is 0 Å². The molecule has 4 nitrogen and oxygen atoms in total. The normalized spacial score (nSPS) is 12.6. The molecular formula is C14H27NaO4. The third kappa shape index (κ3) is 6.77. The summed E-state index contributed by atoms with van der Waals surface area (Å²) in [5, 5.41) is 18.2. The molecule has 1 unspecified atom stereocenters. The first-order valence-corrected chi connectivity index (χ1v) is 6.88. The zero-order valence-corrected chi connectivity index (χ0v) is 11.7. The molecular weight excluding hydrogens is 255 g/mol. The molecule has 0 fully saturated rings. The van der Waals surface area contributed by atoms with Crippen molar-refractivity contribution in [1.29, 1.82) is 0 Å². The second-order valence-corrected chi connectivity index (χ2v) is 5.02. The fourth-order valence-corrected chi connectivity index (χ4v) is 2.74. The molecule has 0 saturated heterocycles. The minimum absolute atomic E-state index is 0. The van der Waals surface area contributed by atoms with E-state index in [0.29, 0.717) is 0 Å². The Labute approximate surface area is 138 Å². The third-order valence-corrected chi connectivity index (χ3v) is 4.10. The van der Waals surface area contributed by atoms with Crippen molar-refractivity contribution in [2.45, 2.75) is 65.7 Å². The number of carboxylic acids is 2. The number of carboxylic acid groups (broad SMARTS) is 2. The van der Waals surface area contributed by atoms with E-state index in [1.165, 1.54) is 0 Å². The monoisotopic (exact) mass is 282 g/mol. The molecule has 0 rings (SSSR count). The number of aliphatic carboxylic acids is 2.